The van der Waals surface area contributed by atoms with Gasteiger partial charge in [0.15, 0.2) is 0 Å². The van der Waals surface area contributed by atoms with Gasteiger partial charge in [-0.05, 0) is 67.4 Å². The van der Waals surface area contributed by atoms with Crippen molar-refractivity contribution >= 4 is 34.8 Å². The summed E-state index contributed by atoms with van der Waals surface area (Å²) >= 11 is 6.06. The topological polar surface area (TPSA) is 49.9 Å². The van der Waals surface area contributed by atoms with Gasteiger partial charge < -0.3 is 14.5 Å². The molecule has 0 radical (unpaired) electrons. The normalized spacial score (nSPS) is 17.4. The van der Waals surface area contributed by atoms with Crippen molar-refractivity contribution in [2.45, 2.75) is 32.4 Å². The Morgan fingerprint density at radius 1 is 1.03 bits per heavy atom. The number of hydrogen-bond acceptors (Lipinski definition) is 3. The molecule has 1 aliphatic rings. The quantitative estimate of drug-likeness (QED) is 0.500. The summed E-state index contributed by atoms with van der Waals surface area (Å²) in [6, 6.07) is 21.9. The highest BCUT2D eigenvalue weighted by atomic mass is 35.5. The van der Waals surface area contributed by atoms with Gasteiger partial charge in [-0.15, -0.1) is 0 Å². The molecule has 0 saturated heterocycles. The fourth-order valence-corrected chi connectivity index (χ4v) is 4.54. The van der Waals surface area contributed by atoms with Crippen molar-refractivity contribution in [3.8, 4) is 5.75 Å². The predicted octanol–water partition coefficient (Wildman–Crippen LogP) is 5.88. The summed E-state index contributed by atoms with van der Waals surface area (Å²) in [6.45, 7) is 3.58. The average molecular weight is 449 g/mol. The molecule has 3 aromatic carbocycles. The van der Waals surface area contributed by atoms with Crippen LogP contribution in [-0.4, -0.2) is 25.0 Å². The van der Waals surface area contributed by atoms with E-state index >= 15 is 0 Å². The predicted molar refractivity (Wildman–Crippen MR) is 128 cm³/mol. The molecule has 2 atom stereocenters. The number of amides is 2. The molecule has 5 nitrogen and oxygen atoms in total. The lowest BCUT2D eigenvalue weighted by Gasteiger charge is -2.43. The molecule has 4 rings (SSSR count). The van der Waals surface area contributed by atoms with E-state index in [4.69, 9.17) is 16.3 Å². The van der Waals surface area contributed by atoms with Crippen molar-refractivity contribution in [1.82, 2.24) is 0 Å². The van der Waals surface area contributed by atoms with E-state index in [1.54, 1.807) is 43.2 Å². The van der Waals surface area contributed by atoms with Crippen LogP contribution in [0.1, 0.15) is 42.2 Å². The molecular weight excluding hydrogens is 424 g/mol. The van der Waals surface area contributed by atoms with Crippen LogP contribution in [0.5, 0.6) is 5.75 Å². The van der Waals surface area contributed by atoms with E-state index in [1.165, 1.54) is 0 Å². The zero-order valence-corrected chi connectivity index (χ0v) is 19.0. The number of carbonyl (C=O) groups is 2. The first-order chi connectivity index (χ1) is 15.4. The molecule has 0 unspecified atom stereocenters. The Morgan fingerprint density at radius 2 is 1.75 bits per heavy atom. The Balaban J connectivity index is 1.77. The molecule has 2 amide bonds. The summed E-state index contributed by atoms with van der Waals surface area (Å²) in [5.74, 6) is 0.479. The van der Waals surface area contributed by atoms with Gasteiger partial charge in [0, 0.05) is 34.9 Å². The molecule has 0 fully saturated rings. The van der Waals surface area contributed by atoms with Gasteiger partial charge in [-0.3, -0.25) is 9.59 Å². The molecule has 0 saturated carbocycles. The summed E-state index contributed by atoms with van der Waals surface area (Å²) in [5.41, 5.74) is 3.09. The minimum absolute atomic E-state index is 0.0631. The van der Waals surface area contributed by atoms with Crippen molar-refractivity contribution in [3.05, 3.63) is 88.9 Å². The Hall–Kier alpha value is -3.31. The second kappa shape index (κ2) is 9.05. The highest BCUT2D eigenvalue weighted by Crippen LogP contribution is 2.43. The molecule has 6 heteroatoms. The fourth-order valence-electron chi connectivity index (χ4n) is 4.41. The van der Waals surface area contributed by atoms with Gasteiger partial charge >= 0.3 is 0 Å². The van der Waals surface area contributed by atoms with E-state index in [9.17, 15) is 9.59 Å². The highest BCUT2D eigenvalue weighted by Gasteiger charge is 2.38. The Morgan fingerprint density at radius 3 is 2.44 bits per heavy atom. The monoisotopic (exact) mass is 448 g/mol. The third kappa shape index (κ3) is 4.08. The summed E-state index contributed by atoms with van der Waals surface area (Å²) in [4.78, 5) is 29.9. The minimum atomic E-state index is -0.200. The highest BCUT2D eigenvalue weighted by molar-refractivity contribution is 6.30. The number of nitrogens with zero attached hydrogens (tertiary/aromatic N) is 2. The summed E-state index contributed by atoms with van der Waals surface area (Å²) in [5, 5.41) is 0.615. The maximum absolute atomic E-state index is 13.5. The average Bonchev–Trinajstić information content (AvgIpc) is 2.80. The van der Waals surface area contributed by atoms with Crippen LogP contribution >= 0.6 is 11.6 Å². The Kier molecular flexibility index (Phi) is 6.19. The lowest BCUT2D eigenvalue weighted by molar-refractivity contribution is -0.117. The largest absolute Gasteiger partial charge is 0.497 e. The standard InChI is InChI=1S/C26H25ClN2O3/c1-17-15-25(29(18(2)30)21-13-11-20(27)12-14-21)23-9-4-5-10-24(23)28(17)26(31)19-7-6-8-22(16-19)32-3/h4-14,16-17,25H,15H2,1-3H3/t17-,25+/m0/s1. The van der Waals surface area contributed by atoms with Gasteiger partial charge in [-0.25, -0.2) is 0 Å². The minimum Gasteiger partial charge on any atom is -0.497 e. The second-order valence-corrected chi connectivity index (χ2v) is 8.37. The summed E-state index contributed by atoms with van der Waals surface area (Å²) in [6.07, 6.45) is 0.606. The number of rotatable bonds is 4. The Bertz CT molecular complexity index is 1150. The first kappa shape index (κ1) is 21.9. The molecule has 0 N–H and O–H groups in total. The molecule has 0 spiro atoms. The van der Waals surface area contributed by atoms with Crippen LogP contribution < -0.4 is 14.5 Å². The number of methoxy groups -OCH3 is 1. The van der Waals surface area contributed by atoms with Gasteiger partial charge in [0.1, 0.15) is 5.75 Å². The van der Waals surface area contributed by atoms with E-state index in [2.05, 4.69) is 0 Å². The van der Waals surface area contributed by atoms with Crippen molar-refractivity contribution in [3.63, 3.8) is 0 Å². The molecule has 32 heavy (non-hydrogen) atoms. The fraction of sp³-hybridized carbons (Fsp3) is 0.231. The molecular formula is C26H25ClN2O3. The Labute approximate surface area is 193 Å². The maximum Gasteiger partial charge on any atom is 0.258 e. The second-order valence-electron chi connectivity index (χ2n) is 7.93. The zero-order chi connectivity index (χ0) is 22.8. The molecule has 164 valence electrons. The first-order valence-corrected chi connectivity index (χ1v) is 10.9. The van der Waals surface area contributed by atoms with E-state index in [1.807, 2.05) is 60.4 Å². The molecule has 1 heterocycles. The molecule has 0 bridgehead atoms. The van der Waals surface area contributed by atoms with Crippen molar-refractivity contribution < 1.29 is 14.3 Å². The molecule has 1 aliphatic heterocycles. The number of hydrogen-bond donors (Lipinski definition) is 0. The summed E-state index contributed by atoms with van der Waals surface area (Å²) < 4.78 is 5.30. The molecule has 0 aromatic heterocycles. The van der Waals surface area contributed by atoms with Gasteiger partial charge in [0.2, 0.25) is 5.91 Å². The number of fused-ring (bicyclic) bond motifs is 1. The number of ether oxygens (including phenoxy) is 1. The van der Waals surface area contributed by atoms with Crippen molar-refractivity contribution in [2.24, 2.45) is 0 Å². The van der Waals surface area contributed by atoms with Gasteiger partial charge in [-0.1, -0.05) is 35.9 Å². The third-order valence-corrected chi connectivity index (χ3v) is 6.10. The van der Waals surface area contributed by atoms with E-state index in [-0.39, 0.29) is 23.9 Å². The van der Waals surface area contributed by atoms with Crippen LogP contribution in [-0.2, 0) is 4.79 Å². The van der Waals surface area contributed by atoms with Crippen LogP contribution in [0.25, 0.3) is 0 Å². The lowest BCUT2D eigenvalue weighted by Crippen LogP contribution is -2.47. The number of anilines is 2. The van der Waals surface area contributed by atoms with Gasteiger partial charge in [-0.2, -0.15) is 0 Å². The third-order valence-electron chi connectivity index (χ3n) is 5.85. The van der Waals surface area contributed by atoms with E-state index in [0.29, 0.717) is 22.8 Å². The van der Waals surface area contributed by atoms with E-state index < -0.39 is 0 Å². The van der Waals surface area contributed by atoms with Crippen LogP contribution in [0.4, 0.5) is 11.4 Å². The lowest BCUT2D eigenvalue weighted by atomic mass is 9.89. The van der Waals surface area contributed by atoms with Crippen LogP contribution in [0, 0.1) is 0 Å². The molecule has 3 aromatic rings. The molecule has 0 aliphatic carbocycles. The number of para-hydroxylation sites is 1. The summed E-state index contributed by atoms with van der Waals surface area (Å²) in [7, 11) is 1.58. The van der Waals surface area contributed by atoms with E-state index in [0.717, 1.165) is 16.9 Å². The first-order valence-electron chi connectivity index (χ1n) is 10.5. The van der Waals surface area contributed by atoms with Gasteiger partial charge in [0.05, 0.1) is 13.2 Å². The van der Waals surface area contributed by atoms with Crippen LogP contribution in [0.15, 0.2) is 72.8 Å². The van der Waals surface area contributed by atoms with Crippen LogP contribution in [0.2, 0.25) is 5.02 Å². The zero-order valence-electron chi connectivity index (χ0n) is 18.3. The van der Waals surface area contributed by atoms with Crippen molar-refractivity contribution in [2.75, 3.05) is 16.9 Å². The smallest absolute Gasteiger partial charge is 0.258 e. The SMILES string of the molecule is COc1cccc(C(=O)N2c3ccccc3[C@H](N(C(C)=O)c3ccc(Cl)cc3)C[C@@H]2C)c1. The van der Waals surface area contributed by atoms with Gasteiger partial charge in [0.25, 0.3) is 5.91 Å². The number of halogens is 1. The maximum atomic E-state index is 13.5. The number of carbonyl (C=O) groups excluding carboxylic acids is 2. The van der Waals surface area contributed by atoms with Crippen LogP contribution in [0.3, 0.4) is 0 Å². The van der Waals surface area contributed by atoms with Crippen molar-refractivity contribution in [1.29, 1.82) is 0 Å². The number of benzene rings is 3.